The molecule has 0 spiro atoms. The first-order valence-electron chi connectivity index (χ1n) is 7.19. The highest BCUT2D eigenvalue weighted by molar-refractivity contribution is 5.90. The number of H-pyrrole nitrogens is 1. The van der Waals surface area contributed by atoms with E-state index in [-0.39, 0.29) is 17.0 Å². The van der Waals surface area contributed by atoms with Crippen LogP contribution < -0.4 is 10.7 Å². The third kappa shape index (κ3) is 3.24. The number of pyridine rings is 1. The zero-order chi connectivity index (χ0) is 14.8. The number of aromatic amines is 1. The van der Waals surface area contributed by atoms with Crippen LogP contribution in [0.1, 0.15) is 37.2 Å². The zero-order valence-electron chi connectivity index (χ0n) is 11.9. The van der Waals surface area contributed by atoms with E-state index in [0.29, 0.717) is 24.7 Å². The van der Waals surface area contributed by atoms with Crippen LogP contribution in [-0.4, -0.2) is 10.9 Å². The lowest BCUT2D eigenvalue weighted by atomic mass is 10.2. The number of hydrogen-bond donors (Lipinski definition) is 2. The van der Waals surface area contributed by atoms with E-state index < -0.39 is 0 Å². The van der Waals surface area contributed by atoms with E-state index in [1.54, 1.807) is 0 Å². The monoisotopic (exact) mass is 286 g/mol. The Morgan fingerprint density at radius 3 is 2.95 bits per heavy atom. The van der Waals surface area contributed by atoms with Gasteiger partial charge in [0.05, 0.1) is 0 Å². The lowest BCUT2D eigenvalue weighted by Crippen LogP contribution is -2.18. The van der Waals surface area contributed by atoms with Gasteiger partial charge < -0.3 is 14.7 Å². The van der Waals surface area contributed by atoms with Crippen LogP contribution in [0.2, 0.25) is 0 Å². The van der Waals surface area contributed by atoms with Crippen molar-refractivity contribution in [3.63, 3.8) is 0 Å². The smallest absolute Gasteiger partial charge is 0.224 e. The third-order valence-corrected chi connectivity index (χ3v) is 3.85. The molecule has 2 N–H and O–H groups in total. The number of hydrogen-bond acceptors (Lipinski definition) is 3. The largest absolute Gasteiger partial charge is 0.466 e. The highest BCUT2D eigenvalue weighted by atomic mass is 16.3. The van der Waals surface area contributed by atoms with Crippen LogP contribution in [0.5, 0.6) is 0 Å². The molecule has 1 aliphatic rings. The molecule has 2 aromatic rings. The number of nitrogens with one attached hydrogen (secondary N) is 2. The fourth-order valence-corrected chi connectivity index (χ4v) is 2.41. The van der Waals surface area contributed by atoms with Gasteiger partial charge in [-0.3, -0.25) is 9.59 Å². The number of aromatic nitrogens is 1. The molecule has 1 saturated carbocycles. The summed E-state index contributed by atoms with van der Waals surface area (Å²) in [4.78, 5) is 26.1. The molecule has 0 bridgehead atoms. The summed E-state index contributed by atoms with van der Waals surface area (Å²) in [6.07, 6.45) is 5.03. The molecule has 110 valence electrons. The van der Waals surface area contributed by atoms with Gasteiger partial charge >= 0.3 is 0 Å². The Morgan fingerprint density at radius 1 is 1.43 bits per heavy atom. The van der Waals surface area contributed by atoms with Crippen LogP contribution in [0.4, 0.5) is 5.69 Å². The Hall–Kier alpha value is -2.30. The molecule has 2 heterocycles. The number of rotatable bonds is 5. The SMILES string of the molecule is C[C@H]1C[C@@H]1c1ccc(CCC(=O)Nc2c[nH]ccc2=O)o1. The van der Waals surface area contributed by atoms with Gasteiger partial charge in [-0.05, 0) is 24.5 Å². The van der Waals surface area contributed by atoms with Crippen molar-refractivity contribution in [3.8, 4) is 0 Å². The van der Waals surface area contributed by atoms with Gasteiger partial charge in [-0.2, -0.15) is 0 Å². The molecule has 1 amide bonds. The van der Waals surface area contributed by atoms with Crippen molar-refractivity contribution < 1.29 is 9.21 Å². The van der Waals surface area contributed by atoms with Gasteiger partial charge in [0.1, 0.15) is 17.2 Å². The first-order chi connectivity index (χ1) is 10.1. The predicted octanol–water partition coefficient (Wildman–Crippen LogP) is 2.66. The minimum Gasteiger partial charge on any atom is -0.466 e. The number of amides is 1. The van der Waals surface area contributed by atoms with Gasteiger partial charge in [-0.1, -0.05) is 6.92 Å². The standard InChI is InChI=1S/C16H18N2O3/c1-10-8-12(10)15-4-2-11(21-15)3-5-16(20)18-13-9-17-7-6-14(13)19/h2,4,6-7,9-10,12H,3,5,8H2,1H3,(H,17,19)(H,18,20)/t10-,12-/m0/s1. The molecule has 0 unspecified atom stereocenters. The van der Waals surface area contributed by atoms with Crippen molar-refractivity contribution in [2.75, 3.05) is 5.32 Å². The van der Waals surface area contributed by atoms with Gasteiger partial charge in [0.2, 0.25) is 11.3 Å². The third-order valence-electron chi connectivity index (χ3n) is 3.85. The van der Waals surface area contributed by atoms with Gasteiger partial charge in [0.25, 0.3) is 0 Å². The summed E-state index contributed by atoms with van der Waals surface area (Å²) < 4.78 is 5.75. The lowest BCUT2D eigenvalue weighted by Gasteiger charge is -2.03. The second-order valence-electron chi connectivity index (χ2n) is 5.59. The highest BCUT2D eigenvalue weighted by Crippen LogP contribution is 2.47. The van der Waals surface area contributed by atoms with E-state index >= 15 is 0 Å². The predicted molar refractivity (Wildman–Crippen MR) is 79.2 cm³/mol. The molecule has 5 nitrogen and oxygen atoms in total. The Labute approximate surface area is 122 Å². The topological polar surface area (TPSA) is 75.1 Å². The first kappa shape index (κ1) is 13.7. The maximum Gasteiger partial charge on any atom is 0.224 e. The Bertz CT molecular complexity index is 701. The van der Waals surface area contributed by atoms with E-state index in [2.05, 4.69) is 17.2 Å². The molecular formula is C16H18N2O3. The number of furan rings is 1. The molecule has 1 fully saturated rings. The molecule has 0 saturated heterocycles. The van der Waals surface area contributed by atoms with Crippen molar-refractivity contribution in [2.45, 2.75) is 32.1 Å². The van der Waals surface area contributed by atoms with E-state index in [1.165, 1.54) is 24.9 Å². The fourth-order valence-electron chi connectivity index (χ4n) is 2.41. The van der Waals surface area contributed by atoms with Gasteiger partial charge in [-0.25, -0.2) is 0 Å². The number of anilines is 1. The van der Waals surface area contributed by atoms with Gasteiger partial charge in [0.15, 0.2) is 0 Å². The Morgan fingerprint density at radius 2 is 2.24 bits per heavy atom. The van der Waals surface area contributed by atoms with Crippen LogP contribution in [0.3, 0.4) is 0 Å². The van der Waals surface area contributed by atoms with Crippen LogP contribution in [0.15, 0.2) is 39.8 Å². The van der Waals surface area contributed by atoms with E-state index in [9.17, 15) is 9.59 Å². The maximum atomic E-state index is 11.8. The average Bonchev–Trinajstić information content (AvgIpc) is 3.01. The number of carbonyl (C=O) groups excluding carboxylic acids is 1. The second kappa shape index (κ2) is 5.60. The summed E-state index contributed by atoms with van der Waals surface area (Å²) >= 11 is 0. The Kier molecular flexibility index (Phi) is 3.64. The molecule has 21 heavy (non-hydrogen) atoms. The minimum absolute atomic E-state index is 0.190. The molecule has 2 atom stereocenters. The Balaban J connectivity index is 1.53. The fraction of sp³-hybridized carbons (Fsp3) is 0.375. The van der Waals surface area contributed by atoms with Crippen LogP contribution in [-0.2, 0) is 11.2 Å². The summed E-state index contributed by atoms with van der Waals surface area (Å²) in [7, 11) is 0. The van der Waals surface area contributed by atoms with E-state index in [0.717, 1.165) is 11.5 Å². The second-order valence-corrected chi connectivity index (χ2v) is 5.59. The zero-order valence-corrected chi connectivity index (χ0v) is 11.9. The average molecular weight is 286 g/mol. The molecule has 0 aromatic carbocycles. The summed E-state index contributed by atoms with van der Waals surface area (Å²) in [5, 5.41) is 2.61. The highest BCUT2D eigenvalue weighted by Gasteiger charge is 2.36. The van der Waals surface area contributed by atoms with Crippen molar-refractivity contribution in [3.05, 3.63) is 52.3 Å². The lowest BCUT2D eigenvalue weighted by molar-refractivity contribution is -0.116. The van der Waals surface area contributed by atoms with Crippen molar-refractivity contribution in [1.29, 1.82) is 0 Å². The van der Waals surface area contributed by atoms with E-state index in [1.807, 2.05) is 12.1 Å². The van der Waals surface area contributed by atoms with Gasteiger partial charge in [0, 0.05) is 37.2 Å². The summed E-state index contributed by atoms with van der Waals surface area (Å²) in [5.74, 6) is 2.91. The van der Waals surface area contributed by atoms with Crippen molar-refractivity contribution >= 4 is 11.6 Å². The van der Waals surface area contributed by atoms with E-state index in [4.69, 9.17) is 4.42 Å². The van der Waals surface area contributed by atoms with Crippen LogP contribution in [0.25, 0.3) is 0 Å². The molecule has 3 rings (SSSR count). The summed E-state index contributed by atoms with van der Waals surface area (Å²) in [5.41, 5.74) is 0.0690. The normalized spacial score (nSPS) is 20.2. The quantitative estimate of drug-likeness (QED) is 0.887. The molecule has 0 aliphatic heterocycles. The molecule has 1 aliphatic carbocycles. The number of aryl methyl sites for hydroxylation is 1. The first-order valence-corrected chi connectivity index (χ1v) is 7.19. The van der Waals surface area contributed by atoms with Crippen LogP contribution in [0, 0.1) is 5.92 Å². The summed E-state index contributed by atoms with van der Waals surface area (Å²) in [6.45, 7) is 2.21. The molecular weight excluding hydrogens is 268 g/mol. The maximum absolute atomic E-state index is 11.8. The number of carbonyl (C=O) groups is 1. The van der Waals surface area contributed by atoms with Crippen molar-refractivity contribution in [1.82, 2.24) is 4.98 Å². The molecule has 5 heteroatoms. The molecule has 0 radical (unpaired) electrons. The van der Waals surface area contributed by atoms with Crippen molar-refractivity contribution in [2.24, 2.45) is 5.92 Å². The minimum atomic E-state index is -0.204. The van der Waals surface area contributed by atoms with Crippen LogP contribution >= 0.6 is 0 Å². The molecule has 2 aromatic heterocycles. The summed E-state index contributed by atoms with van der Waals surface area (Å²) in [6, 6.07) is 5.32. The van der Waals surface area contributed by atoms with Gasteiger partial charge in [-0.15, -0.1) is 0 Å².